The second-order valence-electron chi connectivity index (χ2n) is 3.90. The number of nitrogens with zero attached hydrogens (tertiary/aromatic N) is 3. The Hall–Kier alpha value is -2.10. The Morgan fingerprint density at radius 3 is 2.60 bits per heavy atom. The summed E-state index contributed by atoms with van der Waals surface area (Å²) in [5, 5.41) is 10.5. The molecule has 0 saturated carbocycles. The van der Waals surface area contributed by atoms with Gasteiger partial charge in [0.15, 0.2) is 5.78 Å². The summed E-state index contributed by atoms with van der Waals surface area (Å²) in [5.74, 6) is -0.314. The molecule has 0 aliphatic rings. The maximum absolute atomic E-state index is 12.0. The van der Waals surface area contributed by atoms with Gasteiger partial charge in [0, 0.05) is 23.9 Å². The number of benzene rings is 1. The molecule has 0 radical (unpaired) electrons. The first kappa shape index (κ1) is 14.3. The van der Waals surface area contributed by atoms with E-state index in [0.717, 1.165) is 0 Å². The highest BCUT2D eigenvalue weighted by molar-refractivity contribution is 14.1. The van der Waals surface area contributed by atoms with E-state index in [-0.39, 0.29) is 23.6 Å². The third kappa shape index (κ3) is 3.07. The van der Waals surface area contributed by atoms with Crippen LogP contribution < -0.4 is 5.56 Å². The summed E-state index contributed by atoms with van der Waals surface area (Å²) in [7, 11) is 0. The van der Waals surface area contributed by atoms with Crippen molar-refractivity contribution in [2.45, 2.75) is 6.54 Å². The fourth-order valence-electron chi connectivity index (χ4n) is 1.55. The van der Waals surface area contributed by atoms with E-state index in [0.29, 0.717) is 9.13 Å². The van der Waals surface area contributed by atoms with Gasteiger partial charge >= 0.3 is 0 Å². The minimum atomic E-state index is -0.539. The maximum Gasteiger partial charge on any atom is 0.269 e. The van der Waals surface area contributed by atoms with E-state index in [4.69, 9.17) is 0 Å². The van der Waals surface area contributed by atoms with Crippen molar-refractivity contribution in [1.29, 1.82) is 0 Å². The zero-order chi connectivity index (χ0) is 14.7. The van der Waals surface area contributed by atoms with Gasteiger partial charge in [-0.05, 0) is 34.7 Å². The van der Waals surface area contributed by atoms with E-state index in [9.17, 15) is 19.7 Å². The lowest BCUT2D eigenvalue weighted by atomic mass is 10.1. The average molecular weight is 385 g/mol. The van der Waals surface area contributed by atoms with Crippen LogP contribution in [0.1, 0.15) is 10.4 Å². The van der Waals surface area contributed by atoms with E-state index in [2.05, 4.69) is 4.98 Å². The summed E-state index contributed by atoms with van der Waals surface area (Å²) in [5.41, 5.74) is -0.0770. The number of nitro benzene ring substituents is 1. The fourth-order valence-corrected chi connectivity index (χ4v) is 2.02. The fraction of sp³-hybridized carbons (Fsp3) is 0.0833. The second kappa shape index (κ2) is 5.90. The minimum absolute atomic E-state index is 0.0883. The SMILES string of the molecule is O=C(Cn1cncc(I)c1=O)c1ccc([N+](=O)[O-])cc1. The number of non-ortho nitro benzene ring substituents is 1. The highest BCUT2D eigenvalue weighted by atomic mass is 127. The van der Waals surface area contributed by atoms with Crippen LogP contribution in [0.3, 0.4) is 0 Å². The third-order valence-corrected chi connectivity index (χ3v) is 3.31. The molecule has 1 aromatic carbocycles. The van der Waals surface area contributed by atoms with Crippen LogP contribution in [0.25, 0.3) is 0 Å². The Balaban J connectivity index is 2.22. The summed E-state index contributed by atoms with van der Waals surface area (Å²) in [6, 6.07) is 5.24. The zero-order valence-electron chi connectivity index (χ0n) is 10.0. The Labute approximate surface area is 126 Å². The van der Waals surface area contributed by atoms with Gasteiger partial charge < -0.3 is 0 Å². The molecule has 0 atom stereocenters. The Bertz CT molecular complexity index is 724. The van der Waals surface area contributed by atoms with Crippen LogP contribution in [0.15, 0.2) is 41.6 Å². The molecule has 0 spiro atoms. The van der Waals surface area contributed by atoms with Crippen LogP contribution in [-0.2, 0) is 6.54 Å². The monoisotopic (exact) mass is 385 g/mol. The number of carbonyl (C=O) groups excluding carboxylic acids is 1. The van der Waals surface area contributed by atoms with Crippen LogP contribution in [-0.4, -0.2) is 20.3 Å². The van der Waals surface area contributed by atoms with E-state index in [1.807, 2.05) is 22.6 Å². The molecule has 7 nitrogen and oxygen atoms in total. The molecule has 20 heavy (non-hydrogen) atoms. The Morgan fingerprint density at radius 2 is 2.00 bits per heavy atom. The van der Waals surface area contributed by atoms with E-state index < -0.39 is 4.92 Å². The first-order valence-corrected chi connectivity index (χ1v) is 6.54. The number of halogens is 1. The standard InChI is InChI=1S/C12H8IN3O4/c13-10-5-14-7-15(12(10)18)6-11(17)8-1-3-9(4-2-8)16(19)20/h1-5,7H,6H2. The number of rotatable bonds is 4. The predicted molar refractivity (Wildman–Crippen MR) is 78.6 cm³/mol. The average Bonchev–Trinajstić information content (AvgIpc) is 2.44. The number of Topliss-reactive ketones (excluding diaryl/α,β-unsaturated/α-hetero) is 1. The molecule has 0 aliphatic heterocycles. The minimum Gasteiger partial charge on any atom is -0.292 e. The van der Waals surface area contributed by atoms with Crippen molar-refractivity contribution in [3.63, 3.8) is 0 Å². The summed E-state index contributed by atoms with van der Waals surface area (Å²) in [6.07, 6.45) is 2.70. The number of carbonyl (C=O) groups is 1. The van der Waals surface area contributed by atoms with Crippen molar-refractivity contribution in [3.8, 4) is 0 Å². The molecule has 0 amide bonds. The Kier molecular flexibility index (Phi) is 4.23. The number of aromatic nitrogens is 2. The third-order valence-electron chi connectivity index (χ3n) is 2.57. The molecule has 1 aromatic heterocycles. The zero-order valence-corrected chi connectivity index (χ0v) is 12.2. The summed E-state index contributed by atoms with van der Waals surface area (Å²) < 4.78 is 1.62. The molecule has 0 unspecified atom stereocenters. The van der Waals surface area contributed by atoms with Gasteiger partial charge in [0.25, 0.3) is 11.2 Å². The highest BCUT2D eigenvalue weighted by Gasteiger charge is 2.11. The largest absolute Gasteiger partial charge is 0.292 e. The lowest BCUT2D eigenvalue weighted by molar-refractivity contribution is -0.384. The van der Waals surface area contributed by atoms with Gasteiger partial charge in [0.1, 0.15) is 0 Å². The molecular weight excluding hydrogens is 377 g/mol. The number of ketones is 1. The molecule has 0 aliphatic carbocycles. The molecule has 0 fully saturated rings. The maximum atomic E-state index is 12.0. The first-order chi connectivity index (χ1) is 9.49. The lowest BCUT2D eigenvalue weighted by Gasteiger charge is -2.04. The van der Waals surface area contributed by atoms with Crippen LogP contribution in [0.4, 0.5) is 5.69 Å². The Morgan fingerprint density at radius 1 is 1.35 bits per heavy atom. The van der Waals surface area contributed by atoms with Gasteiger partial charge in [-0.3, -0.25) is 24.3 Å². The molecule has 8 heteroatoms. The lowest BCUT2D eigenvalue weighted by Crippen LogP contribution is -2.26. The molecule has 2 aromatic rings. The van der Waals surface area contributed by atoms with Gasteiger partial charge in [0.2, 0.25) is 0 Å². The van der Waals surface area contributed by atoms with Gasteiger partial charge in [-0.15, -0.1) is 0 Å². The second-order valence-corrected chi connectivity index (χ2v) is 5.06. The normalized spacial score (nSPS) is 10.2. The van der Waals surface area contributed by atoms with Gasteiger partial charge in [-0.1, -0.05) is 0 Å². The van der Waals surface area contributed by atoms with Crippen molar-refractivity contribution >= 4 is 34.1 Å². The van der Waals surface area contributed by atoms with Crippen LogP contribution in [0, 0.1) is 13.7 Å². The van der Waals surface area contributed by atoms with Crippen LogP contribution in [0.2, 0.25) is 0 Å². The molecule has 1 heterocycles. The summed E-state index contributed by atoms with van der Waals surface area (Å²) in [4.78, 5) is 37.6. The first-order valence-electron chi connectivity index (χ1n) is 5.46. The van der Waals surface area contributed by atoms with Gasteiger partial charge in [-0.2, -0.15) is 0 Å². The highest BCUT2D eigenvalue weighted by Crippen LogP contribution is 2.12. The van der Waals surface area contributed by atoms with E-state index in [1.54, 1.807) is 0 Å². The van der Waals surface area contributed by atoms with Crippen LogP contribution >= 0.6 is 22.6 Å². The van der Waals surface area contributed by atoms with Gasteiger partial charge in [-0.25, -0.2) is 4.98 Å². The summed E-state index contributed by atoms with van der Waals surface area (Å²) in [6.45, 7) is -0.152. The molecule has 102 valence electrons. The molecule has 0 N–H and O–H groups in total. The van der Waals surface area contributed by atoms with Crippen molar-refractivity contribution < 1.29 is 9.72 Å². The van der Waals surface area contributed by atoms with E-state index >= 15 is 0 Å². The van der Waals surface area contributed by atoms with Gasteiger partial charge in [0.05, 0.1) is 21.4 Å². The van der Waals surface area contributed by atoms with Crippen molar-refractivity contribution in [2.24, 2.45) is 0 Å². The predicted octanol–water partition coefficient (Wildman–Crippen LogP) is 1.64. The van der Waals surface area contributed by atoms with Crippen molar-refractivity contribution in [1.82, 2.24) is 9.55 Å². The number of hydrogen-bond acceptors (Lipinski definition) is 5. The molecular formula is C12H8IN3O4. The topological polar surface area (TPSA) is 95.1 Å². The molecule has 0 bridgehead atoms. The van der Waals surface area contributed by atoms with E-state index in [1.165, 1.54) is 41.4 Å². The quantitative estimate of drug-likeness (QED) is 0.345. The molecule has 2 rings (SSSR count). The van der Waals surface area contributed by atoms with Crippen LogP contribution in [0.5, 0.6) is 0 Å². The number of hydrogen-bond donors (Lipinski definition) is 0. The summed E-state index contributed by atoms with van der Waals surface area (Å²) >= 11 is 1.84. The smallest absolute Gasteiger partial charge is 0.269 e. The van der Waals surface area contributed by atoms with Crippen molar-refractivity contribution in [3.05, 3.63) is 66.4 Å². The number of nitro groups is 1. The molecule has 0 saturated heterocycles. The van der Waals surface area contributed by atoms with Crippen molar-refractivity contribution in [2.75, 3.05) is 0 Å².